The number of anilines is 2. The van der Waals surface area contributed by atoms with Gasteiger partial charge in [0.1, 0.15) is 11.5 Å². The van der Waals surface area contributed by atoms with E-state index in [-0.39, 0.29) is 5.65 Å². The molecule has 0 aliphatic rings. The lowest BCUT2D eigenvalue weighted by Crippen LogP contribution is -2.07. The van der Waals surface area contributed by atoms with E-state index in [2.05, 4.69) is 30.5 Å². The van der Waals surface area contributed by atoms with Crippen molar-refractivity contribution in [1.82, 2.24) is 25.1 Å². The summed E-state index contributed by atoms with van der Waals surface area (Å²) in [4.78, 5) is 10.9. The number of nitrogens with one attached hydrogen (secondary N) is 2. The molecule has 0 bridgehead atoms. The lowest BCUT2D eigenvalue weighted by molar-refractivity contribution is -0.141. The van der Waals surface area contributed by atoms with Crippen LogP contribution in [-0.4, -0.2) is 25.1 Å². The monoisotopic (exact) mass is 432 g/mol. The molecule has 5 rings (SSSR count). The van der Waals surface area contributed by atoms with Gasteiger partial charge in [0.2, 0.25) is 0 Å². The number of pyridine rings is 1. The van der Waals surface area contributed by atoms with Crippen molar-refractivity contribution >= 4 is 22.5 Å². The van der Waals surface area contributed by atoms with Gasteiger partial charge in [0.15, 0.2) is 5.65 Å². The average molecular weight is 432 g/mol. The molecule has 32 heavy (non-hydrogen) atoms. The molecule has 0 aliphatic carbocycles. The minimum atomic E-state index is -4.51. The molecule has 0 saturated heterocycles. The highest BCUT2D eigenvalue weighted by atomic mass is 19.4. The van der Waals surface area contributed by atoms with E-state index in [1.54, 1.807) is 6.20 Å². The fraction of sp³-hybridized carbons (Fsp3) is 0.0435. The first-order chi connectivity index (χ1) is 15.5. The third kappa shape index (κ3) is 4.00. The predicted octanol–water partition coefficient (Wildman–Crippen LogP) is 5.84. The molecule has 0 saturated carbocycles. The SMILES string of the molecule is FC(F)(F)c1ccc2[nH]c(-c3cccc(Nc4ccc(-c5cccnn5)cc4)c3)nc2n1. The molecule has 5 aromatic rings. The number of aromatic amines is 1. The van der Waals surface area contributed by atoms with Gasteiger partial charge in [-0.25, -0.2) is 9.97 Å². The molecule has 2 N–H and O–H groups in total. The number of halogens is 3. The summed E-state index contributed by atoms with van der Waals surface area (Å²) in [5, 5.41) is 11.3. The van der Waals surface area contributed by atoms with Gasteiger partial charge in [-0.3, -0.25) is 0 Å². The maximum Gasteiger partial charge on any atom is 0.433 e. The molecule has 6 nitrogen and oxygen atoms in total. The molecule has 0 unspecified atom stereocenters. The summed E-state index contributed by atoms with van der Waals surface area (Å²) in [6, 6.07) is 21.2. The van der Waals surface area contributed by atoms with Crippen molar-refractivity contribution in [1.29, 1.82) is 0 Å². The number of aromatic nitrogens is 5. The minimum absolute atomic E-state index is 0.0211. The third-order valence-electron chi connectivity index (χ3n) is 4.81. The van der Waals surface area contributed by atoms with Gasteiger partial charge >= 0.3 is 6.18 Å². The van der Waals surface area contributed by atoms with Crippen LogP contribution < -0.4 is 5.32 Å². The Balaban J connectivity index is 1.39. The number of imidazole rings is 1. The Morgan fingerprint density at radius 1 is 0.781 bits per heavy atom. The Morgan fingerprint density at radius 3 is 2.38 bits per heavy atom. The number of benzene rings is 2. The molecule has 0 fully saturated rings. The highest BCUT2D eigenvalue weighted by Gasteiger charge is 2.32. The third-order valence-corrected chi connectivity index (χ3v) is 4.81. The van der Waals surface area contributed by atoms with Gasteiger partial charge in [-0.15, -0.1) is 0 Å². The first kappa shape index (κ1) is 19.7. The van der Waals surface area contributed by atoms with Gasteiger partial charge in [0.05, 0.1) is 11.2 Å². The predicted molar refractivity (Wildman–Crippen MR) is 115 cm³/mol. The summed E-state index contributed by atoms with van der Waals surface area (Å²) in [5.41, 5.74) is 3.62. The first-order valence-corrected chi connectivity index (χ1v) is 9.65. The van der Waals surface area contributed by atoms with Crippen LogP contribution in [0.3, 0.4) is 0 Å². The van der Waals surface area contributed by atoms with Crippen LogP contribution in [0, 0.1) is 0 Å². The van der Waals surface area contributed by atoms with E-state index in [4.69, 9.17) is 0 Å². The van der Waals surface area contributed by atoms with Gasteiger partial charge in [-0.1, -0.05) is 24.3 Å². The molecule has 0 aliphatic heterocycles. The average Bonchev–Trinajstić information content (AvgIpc) is 3.23. The summed E-state index contributed by atoms with van der Waals surface area (Å²) < 4.78 is 38.7. The van der Waals surface area contributed by atoms with Crippen molar-refractivity contribution < 1.29 is 13.2 Å². The zero-order valence-corrected chi connectivity index (χ0v) is 16.4. The topological polar surface area (TPSA) is 79.4 Å². The smallest absolute Gasteiger partial charge is 0.356 e. The maximum atomic E-state index is 12.9. The number of alkyl halides is 3. The highest BCUT2D eigenvalue weighted by molar-refractivity contribution is 5.77. The van der Waals surface area contributed by atoms with Crippen molar-refractivity contribution in [3.05, 3.63) is 84.7 Å². The van der Waals surface area contributed by atoms with Crippen molar-refractivity contribution in [3.63, 3.8) is 0 Å². The minimum Gasteiger partial charge on any atom is -0.356 e. The lowest BCUT2D eigenvalue weighted by Gasteiger charge is -2.08. The van der Waals surface area contributed by atoms with Crippen LogP contribution in [0.4, 0.5) is 24.5 Å². The van der Waals surface area contributed by atoms with Crippen LogP contribution in [0.25, 0.3) is 33.8 Å². The van der Waals surface area contributed by atoms with Gasteiger partial charge in [-0.2, -0.15) is 23.4 Å². The van der Waals surface area contributed by atoms with E-state index in [9.17, 15) is 13.2 Å². The summed E-state index contributed by atoms with van der Waals surface area (Å²) >= 11 is 0. The number of rotatable bonds is 4. The molecular formula is C23H15F3N6. The molecule has 3 heterocycles. The Bertz CT molecular complexity index is 1380. The van der Waals surface area contributed by atoms with Crippen LogP contribution in [0.5, 0.6) is 0 Å². The van der Waals surface area contributed by atoms with E-state index in [1.807, 2.05) is 60.7 Å². The second-order valence-electron chi connectivity index (χ2n) is 7.04. The van der Waals surface area contributed by atoms with Gasteiger partial charge in [-0.05, 0) is 48.5 Å². The highest BCUT2D eigenvalue weighted by Crippen LogP contribution is 2.30. The molecule has 0 radical (unpaired) electrons. The van der Waals surface area contributed by atoms with E-state index < -0.39 is 11.9 Å². The molecule has 0 amide bonds. The Kier molecular flexibility index (Phi) is 4.78. The number of H-pyrrole nitrogens is 1. The van der Waals surface area contributed by atoms with Crippen LogP contribution in [0.15, 0.2) is 79.0 Å². The molecule has 0 atom stereocenters. The second kappa shape index (κ2) is 7.77. The van der Waals surface area contributed by atoms with Crippen molar-refractivity contribution in [2.75, 3.05) is 5.32 Å². The summed E-state index contributed by atoms with van der Waals surface area (Å²) in [6.45, 7) is 0. The maximum absolute atomic E-state index is 12.9. The van der Waals surface area contributed by atoms with Gasteiger partial charge in [0, 0.05) is 28.7 Å². The Hall–Kier alpha value is -4.27. The number of fused-ring (bicyclic) bond motifs is 1. The van der Waals surface area contributed by atoms with Gasteiger partial charge in [0.25, 0.3) is 0 Å². The fourth-order valence-corrected chi connectivity index (χ4v) is 3.28. The van der Waals surface area contributed by atoms with Crippen LogP contribution in [0.1, 0.15) is 5.69 Å². The molecule has 9 heteroatoms. The van der Waals surface area contributed by atoms with Crippen molar-refractivity contribution in [2.45, 2.75) is 6.18 Å². The summed E-state index contributed by atoms with van der Waals surface area (Å²) in [7, 11) is 0. The molecular weight excluding hydrogens is 417 g/mol. The van der Waals surface area contributed by atoms with Crippen molar-refractivity contribution in [2.24, 2.45) is 0 Å². The zero-order chi connectivity index (χ0) is 22.1. The fourth-order valence-electron chi connectivity index (χ4n) is 3.28. The van der Waals surface area contributed by atoms with E-state index in [0.29, 0.717) is 11.3 Å². The lowest BCUT2D eigenvalue weighted by atomic mass is 10.1. The number of hydrogen-bond donors (Lipinski definition) is 2. The second-order valence-corrected chi connectivity index (χ2v) is 7.04. The zero-order valence-electron chi connectivity index (χ0n) is 16.4. The van der Waals surface area contributed by atoms with Crippen LogP contribution >= 0.6 is 0 Å². The Labute approximate surface area is 180 Å². The molecule has 2 aromatic carbocycles. The van der Waals surface area contributed by atoms with Crippen molar-refractivity contribution in [3.8, 4) is 22.6 Å². The molecule has 3 aromatic heterocycles. The largest absolute Gasteiger partial charge is 0.433 e. The Morgan fingerprint density at radius 2 is 1.62 bits per heavy atom. The standard InChI is InChI=1S/C23H15F3N6/c24-23(25,26)20-11-10-19-22(30-20)31-21(29-19)15-3-1-4-17(13-15)28-16-8-6-14(7-9-16)18-5-2-12-27-32-18/h1-13,28H,(H,29,30,31). The van der Waals surface area contributed by atoms with E-state index in [1.165, 1.54) is 6.07 Å². The van der Waals surface area contributed by atoms with Crippen LogP contribution in [0.2, 0.25) is 0 Å². The quantitative estimate of drug-likeness (QED) is 0.373. The van der Waals surface area contributed by atoms with Gasteiger partial charge < -0.3 is 10.3 Å². The van der Waals surface area contributed by atoms with Crippen LogP contribution in [-0.2, 0) is 6.18 Å². The number of nitrogens with zero attached hydrogens (tertiary/aromatic N) is 4. The normalized spacial score (nSPS) is 11.6. The molecule has 0 spiro atoms. The summed E-state index contributed by atoms with van der Waals surface area (Å²) in [6.07, 6.45) is -2.89. The van der Waals surface area contributed by atoms with E-state index in [0.717, 1.165) is 34.3 Å². The van der Waals surface area contributed by atoms with E-state index >= 15 is 0 Å². The number of hydrogen-bond acceptors (Lipinski definition) is 5. The summed E-state index contributed by atoms with van der Waals surface area (Å²) in [5.74, 6) is 0.438. The first-order valence-electron chi connectivity index (χ1n) is 9.65. The molecule has 158 valence electrons.